The third-order valence-corrected chi connectivity index (χ3v) is 5.85. The third-order valence-electron chi connectivity index (χ3n) is 4.22. The quantitative estimate of drug-likeness (QED) is 0.565. The Hall–Kier alpha value is -1.82. The summed E-state index contributed by atoms with van der Waals surface area (Å²) in [4.78, 5) is 8.61. The Morgan fingerprint density at radius 1 is 1.33 bits per heavy atom. The molecule has 0 aromatic carbocycles. The Balaban J connectivity index is 1.95. The van der Waals surface area contributed by atoms with Crippen molar-refractivity contribution in [3.63, 3.8) is 0 Å². The average Bonchev–Trinajstić information content (AvgIpc) is 2.90. The van der Waals surface area contributed by atoms with Crippen LogP contribution in [0.15, 0.2) is 9.41 Å². The summed E-state index contributed by atoms with van der Waals surface area (Å²) in [6, 6.07) is -0.185. The molecular formula is C15H24F3N5O3S. The van der Waals surface area contributed by atoms with Crippen LogP contribution in [0.2, 0.25) is 0 Å². The lowest BCUT2D eigenvalue weighted by molar-refractivity contribution is -0.0494. The van der Waals surface area contributed by atoms with Gasteiger partial charge in [-0.1, -0.05) is 0 Å². The van der Waals surface area contributed by atoms with Gasteiger partial charge in [0, 0.05) is 25.7 Å². The molecule has 0 saturated carbocycles. The summed E-state index contributed by atoms with van der Waals surface area (Å²) in [5.74, 6) is 1.66. The number of aromatic nitrogens is 1. The van der Waals surface area contributed by atoms with Crippen LogP contribution in [0.3, 0.4) is 0 Å². The Labute approximate surface area is 156 Å². The smallest absolute Gasteiger partial charge is 0.444 e. The molecule has 154 valence electrons. The lowest BCUT2D eigenvalue weighted by Gasteiger charge is -2.32. The van der Waals surface area contributed by atoms with E-state index in [-0.39, 0.29) is 38.5 Å². The summed E-state index contributed by atoms with van der Waals surface area (Å²) in [5.41, 5.74) is -4.48. The maximum Gasteiger partial charge on any atom is 0.511 e. The second kappa shape index (κ2) is 8.46. The van der Waals surface area contributed by atoms with Gasteiger partial charge in [0.15, 0.2) is 5.96 Å². The highest BCUT2D eigenvalue weighted by atomic mass is 32.2. The Kier molecular flexibility index (Phi) is 6.73. The van der Waals surface area contributed by atoms with Crippen molar-refractivity contribution in [3.05, 3.63) is 17.3 Å². The van der Waals surface area contributed by atoms with E-state index >= 15 is 0 Å². The van der Waals surface area contributed by atoms with E-state index in [1.165, 1.54) is 0 Å². The van der Waals surface area contributed by atoms with Crippen molar-refractivity contribution in [3.8, 4) is 0 Å². The van der Waals surface area contributed by atoms with Gasteiger partial charge in [-0.2, -0.15) is 17.5 Å². The van der Waals surface area contributed by atoms with Crippen molar-refractivity contribution in [2.45, 2.75) is 51.7 Å². The fourth-order valence-electron chi connectivity index (χ4n) is 2.65. The van der Waals surface area contributed by atoms with Gasteiger partial charge < -0.3 is 15.1 Å². The van der Waals surface area contributed by atoms with Crippen LogP contribution in [0.4, 0.5) is 13.2 Å². The molecule has 1 aromatic heterocycles. The minimum Gasteiger partial charge on any atom is -0.444 e. The second-order valence-corrected chi connectivity index (χ2v) is 8.14. The molecule has 1 aliphatic heterocycles. The number of sulfonamides is 1. The number of alkyl halides is 3. The highest BCUT2D eigenvalue weighted by Gasteiger charge is 2.50. The van der Waals surface area contributed by atoms with E-state index in [0.717, 1.165) is 11.5 Å². The van der Waals surface area contributed by atoms with E-state index in [4.69, 9.17) is 4.42 Å². The molecule has 0 aliphatic carbocycles. The first-order chi connectivity index (χ1) is 12.5. The van der Waals surface area contributed by atoms with Gasteiger partial charge >= 0.3 is 15.5 Å². The van der Waals surface area contributed by atoms with Crippen LogP contribution in [0.1, 0.15) is 37.1 Å². The Bertz CT molecular complexity index is 749. The fraction of sp³-hybridized carbons (Fsp3) is 0.733. The number of hydrogen-bond acceptors (Lipinski definition) is 5. The van der Waals surface area contributed by atoms with E-state index in [1.54, 1.807) is 0 Å². The molecule has 1 aliphatic rings. The number of nitrogens with zero attached hydrogens (tertiary/aromatic N) is 3. The van der Waals surface area contributed by atoms with Crippen molar-refractivity contribution in [2.75, 3.05) is 19.6 Å². The maximum atomic E-state index is 12.6. The van der Waals surface area contributed by atoms with Gasteiger partial charge in [0.05, 0.1) is 5.69 Å². The molecule has 0 spiro atoms. The number of nitrogens with one attached hydrogen (secondary N) is 2. The van der Waals surface area contributed by atoms with E-state index in [1.807, 2.05) is 20.8 Å². The van der Waals surface area contributed by atoms with Crippen molar-refractivity contribution in [1.82, 2.24) is 19.9 Å². The van der Waals surface area contributed by atoms with Crippen LogP contribution >= 0.6 is 0 Å². The number of piperidine rings is 1. The minimum atomic E-state index is -5.27. The molecule has 0 unspecified atom stereocenters. The molecular weight excluding hydrogens is 387 g/mol. The number of oxazole rings is 1. The van der Waals surface area contributed by atoms with E-state index in [0.29, 0.717) is 22.7 Å². The predicted octanol–water partition coefficient (Wildman–Crippen LogP) is 1.66. The topological polar surface area (TPSA) is 99.8 Å². The van der Waals surface area contributed by atoms with Gasteiger partial charge in [-0.05, 0) is 33.6 Å². The lowest BCUT2D eigenvalue weighted by Crippen LogP contribution is -2.51. The zero-order chi connectivity index (χ0) is 20.2. The number of guanidine groups is 1. The molecule has 1 aromatic rings. The number of aryl methyl sites for hydroxylation is 2. The molecule has 8 nitrogen and oxygen atoms in total. The molecule has 27 heavy (non-hydrogen) atoms. The zero-order valence-corrected chi connectivity index (χ0v) is 16.2. The highest BCUT2D eigenvalue weighted by Crippen LogP contribution is 2.28. The van der Waals surface area contributed by atoms with Gasteiger partial charge in [0.25, 0.3) is 0 Å². The largest absolute Gasteiger partial charge is 0.511 e. The molecule has 0 amide bonds. The Morgan fingerprint density at radius 3 is 2.44 bits per heavy atom. The third kappa shape index (κ3) is 5.34. The first kappa shape index (κ1) is 21.5. The number of rotatable bonds is 5. The van der Waals surface area contributed by atoms with Crippen LogP contribution in [-0.2, 0) is 16.6 Å². The molecule has 2 heterocycles. The van der Waals surface area contributed by atoms with Crippen LogP contribution in [0, 0.1) is 13.8 Å². The average molecular weight is 411 g/mol. The summed E-state index contributed by atoms with van der Waals surface area (Å²) < 4.78 is 66.7. The molecule has 12 heteroatoms. The van der Waals surface area contributed by atoms with Crippen molar-refractivity contribution in [1.29, 1.82) is 0 Å². The number of hydrogen-bond donors (Lipinski definition) is 2. The van der Waals surface area contributed by atoms with Crippen LogP contribution in [0.5, 0.6) is 0 Å². The number of aliphatic imine (C=N–C) groups is 1. The van der Waals surface area contributed by atoms with Crippen LogP contribution in [0.25, 0.3) is 0 Å². The van der Waals surface area contributed by atoms with Gasteiger partial charge in [0.2, 0.25) is 5.89 Å². The van der Waals surface area contributed by atoms with Gasteiger partial charge in [-0.3, -0.25) is 0 Å². The molecule has 2 N–H and O–H groups in total. The lowest BCUT2D eigenvalue weighted by atomic mass is 10.1. The first-order valence-electron chi connectivity index (χ1n) is 8.58. The molecule has 1 fully saturated rings. The minimum absolute atomic E-state index is 0.185. The fourth-order valence-corrected chi connectivity index (χ4v) is 3.64. The molecule has 0 bridgehead atoms. The van der Waals surface area contributed by atoms with Crippen LogP contribution in [-0.4, -0.2) is 54.9 Å². The Morgan fingerprint density at radius 2 is 1.96 bits per heavy atom. The SMILES string of the molecule is CCNC(=NCc1nc(C)c(C)o1)NC1CCN(S(=O)(=O)C(F)(F)F)CC1. The van der Waals surface area contributed by atoms with Crippen molar-refractivity contribution >= 4 is 16.0 Å². The van der Waals surface area contributed by atoms with E-state index in [9.17, 15) is 21.6 Å². The van der Waals surface area contributed by atoms with Crippen molar-refractivity contribution < 1.29 is 26.0 Å². The number of halogens is 3. The van der Waals surface area contributed by atoms with E-state index in [2.05, 4.69) is 20.6 Å². The zero-order valence-electron chi connectivity index (χ0n) is 15.4. The van der Waals surface area contributed by atoms with Crippen molar-refractivity contribution in [2.24, 2.45) is 4.99 Å². The predicted molar refractivity (Wildman–Crippen MR) is 93.5 cm³/mol. The normalized spacial score (nSPS) is 17.9. The monoisotopic (exact) mass is 411 g/mol. The first-order valence-corrected chi connectivity index (χ1v) is 10.0. The summed E-state index contributed by atoms with van der Waals surface area (Å²) in [6.45, 7) is 5.94. The second-order valence-electron chi connectivity index (χ2n) is 6.21. The highest BCUT2D eigenvalue weighted by molar-refractivity contribution is 7.90. The summed E-state index contributed by atoms with van der Waals surface area (Å²) in [7, 11) is -5.27. The standard InChI is InChI=1S/C15H24F3N5O3S/c1-4-19-14(20-9-13-21-10(2)11(3)26-13)22-12-5-7-23(8-6-12)27(24,25)15(16,17)18/h12H,4-9H2,1-3H3,(H2,19,20,22). The summed E-state index contributed by atoms with van der Waals surface area (Å²) >= 11 is 0. The molecule has 0 radical (unpaired) electrons. The molecule has 2 rings (SSSR count). The van der Waals surface area contributed by atoms with Gasteiger partial charge in [0.1, 0.15) is 12.3 Å². The van der Waals surface area contributed by atoms with Crippen LogP contribution < -0.4 is 10.6 Å². The molecule has 1 saturated heterocycles. The summed E-state index contributed by atoms with van der Waals surface area (Å²) in [6.07, 6.45) is 0.494. The van der Waals surface area contributed by atoms with Gasteiger partial charge in [-0.15, -0.1) is 0 Å². The van der Waals surface area contributed by atoms with E-state index < -0.39 is 15.5 Å². The summed E-state index contributed by atoms with van der Waals surface area (Å²) in [5, 5.41) is 6.17. The maximum absolute atomic E-state index is 12.6. The molecule has 0 atom stereocenters. The van der Waals surface area contributed by atoms with Gasteiger partial charge in [-0.25, -0.2) is 18.4 Å².